The zero-order valence-corrected chi connectivity index (χ0v) is 47.8. The first kappa shape index (κ1) is 55.9. The molecule has 4 aromatic rings. The maximum absolute atomic E-state index is 14.6. The monoisotopic (exact) mass is 1240 g/mol. The van der Waals surface area contributed by atoms with Crippen LogP contribution < -0.4 is 29.9 Å². The molecule has 4 bridgehead atoms. The largest absolute Gasteiger partial charge is 0.495 e. The van der Waals surface area contributed by atoms with Crippen molar-refractivity contribution in [1.82, 2.24) is 20.4 Å². The first-order valence-electron chi connectivity index (χ1n) is 26.7. The maximum Gasteiger partial charge on any atom is 0.426 e. The molecular formula is C58H74I2N6O8. The van der Waals surface area contributed by atoms with Crippen LogP contribution in [0.5, 0.6) is 11.5 Å². The molecule has 2 amide bonds. The summed E-state index contributed by atoms with van der Waals surface area (Å²) in [4.78, 5) is 65.0. The van der Waals surface area contributed by atoms with Crippen LogP contribution in [0.1, 0.15) is 112 Å². The van der Waals surface area contributed by atoms with E-state index in [0.29, 0.717) is 48.6 Å². The lowest BCUT2D eigenvalue weighted by Gasteiger charge is -2.51. The van der Waals surface area contributed by atoms with Gasteiger partial charge in [-0.3, -0.25) is 19.6 Å². The van der Waals surface area contributed by atoms with Crippen LogP contribution in [0.4, 0.5) is 21.0 Å². The van der Waals surface area contributed by atoms with E-state index in [2.05, 4.69) is 114 Å². The molecule has 4 heterocycles. The molecule has 4 aliphatic heterocycles. The molecule has 4 fully saturated rings. The number of fused-ring (bicyclic) bond motifs is 4. The number of benzene rings is 4. The molecule has 4 aromatic carbocycles. The van der Waals surface area contributed by atoms with Gasteiger partial charge in [0.15, 0.2) is 0 Å². The SMILES string of the molecule is COc1ccc(C)cc1N(C(=O)OC(=O)C(=O)OC(=O)N(c1cc(C)ccc1OC)C1CC2CCCC(C1)N2CCCCNCc1ccc(I)cc1)C1CC2CCCC(C1)N2CCCCNCc1ccc(I)cc1. The molecule has 0 aromatic heterocycles. The van der Waals surface area contributed by atoms with Gasteiger partial charge in [0.2, 0.25) is 0 Å². The number of methoxy groups -OCH3 is 2. The summed E-state index contributed by atoms with van der Waals surface area (Å²) >= 11 is 4.65. The predicted octanol–water partition coefficient (Wildman–Crippen LogP) is 11.1. The van der Waals surface area contributed by atoms with Gasteiger partial charge in [-0.25, -0.2) is 19.2 Å². The lowest BCUT2D eigenvalue weighted by molar-refractivity contribution is -0.159. The van der Waals surface area contributed by atoms with Gasteiger partial charge in [-0.1, -0.05) is 49.2 Å². The molecule has 4 atom stereocenters. The zero-order valence-electron chi connectivity index (χ0n) is 43.5. The van der Waals surface area contributed by atoms with Crippen LogP contribution in [0.15, 0.2) is 84.9 Å². The van der Waals surface area contributed by atoms with E-state index in [0.717, 1.165) is 115 Å². The molecule has 0 spiro atoms. The summed E-state index contributed by atoms with van der Waals surface area (Å²) in [6.07, 6.45) is 11.0. The smallest absolute Gasteiger partial charge is 0.426 e. The second-order valence-electron chi connectivity index (χ2n) is 20.6. The Labute approximate surface area is 465 Å². The highest BCUT2D eigenvalue weighted by molar-refractivity contribution is 14.1. The highest BCUT2D eigenvalue weighted by atomic mass is 127. The van der Waals surface area contributed by atoms with Crippen LogP contribution in [0.25, 0.3) is 0 Å². The summed E-state index contributed by atoms with van der Waals surface area (Å²) < 4.78 is 25.0. The van der Waals surface area contributed by atoms with Crippen LogP contribution in [-0.4, -0.2) is 111 Å². The van der Waals surface area contributed by atoms with E-state index in [-0.39, 0.29) is 36.3 Å². The second-order valence-corrected chi connectivity index (χ2v) is 23.1. The normalized spacial score (nSPS) is 21.6. The molecule has 0 aliphatic carbocycles. The molecule has 4 unspecified atom stereocenters. The van der Waals surface area contributed by atoms with Crippen LogP contribution in [0.2, 0.25) is 0 Å². The number of carbonyl (C=O) groups is 4. The Balaban J connectivity index is 0.912. The number of ether oxygens (including phenoxy) is 4. The summed E-state index contributed by atoms with van der Waals surface area (Å²) in [6, 6.07) is 28.5. The van der Waals surface area contributed by atoms with Crippen molar-refractivity contribution in [2.45, 2.75) is 153 Å². The van der Waals surface area contributed by atoms with E-state index in [1.54, 1.807) is 12.1 Å². The third kappa shape index (κ3) is 14.6. The number of halogens is 2. The minimum Gasteiger partial charge on any atom is -0.495 e. The Hall–Kier alpha value is -4.34. The number of anilines is 2. The van der Waals surface area contributed by atoms with E-state index in [1.165, 1.54) is 42.3 Å². The topological polar surface area (TPSA) is 142 Å². The van der Waals surface area contributed by atoms with Crippen molar-refractivity contribution in [3.05, 3.63) is 114 Å². The molecule has 74 heavy (non-hydrogen) atoms. The number of hydrogen-bond acceptors (Lipinski definition) is 12. The van der Waals surface area contributed by atoms with Crippen LogP contribution in [0, 0.1) is 21.0 Å². The Morgan fingerprint density at radius 3 is 1.26 bits per heavy atom. The van der Waals surface area contributed by atoms with Crippen molar-refractivity contribution in [3.8, 4) is 11.5 Å². The molecule has 4 saturated heterocycles. The minimum absolute atomic E-state index is 0.226. The lowest BCUT2D eigenvalue weighted by atomic mass is 9.81. The number of rotatable bonds is 20. The van der Waals surface area contributed by atoms with E-state index < -0.39 is 24.1 Å². The van der Waals surface area contributed by atoms with Gasteiger partial charge in [-0.15, -0.1) is 0 Å². The van der Waals surface area contributed by atoms with E-state index in [9.17, 15) is 19.2 Å². The van der Waals surface area contributed by atoms with Crippen molar-refractivity contribution in [2.75, 3.05) is 50.2 Å². The number of unbranched alkanes of at least 4 members (excludes halogenated alkanes) is 2. The fourth-order valence-electron chi connectivity index (χ4n) is 12.0. The molecule has 8 rings (SSSR count). The highest BCUT2D eigenvalue weighted by Crippen LogP contribution is 2.42. The van der Waals surface area contributed by atoms with Gasteiger partial charge >= 0.3 is 24.1 Å². The molecule has 4 aliphatic rings. The fourth-order valence-corrected chi connectivity index (χ4v) is 12.7. The maximum atomic E-state index is 14.6. The lowest BCUT2D eigenvalue weighted by Crippen LogP contribution is -2.58. The molecule has 0 radical (unpaired) electrons. The van der Waals surface area contributed by atoms with Crippen molar-refractivity contribution in [3.63, 3.8) is 0 Å². The van der Waals surface area contributed by atoms with Crippen LogP contribution in [0.3, 0.4) is 0 Å². The number of piperidine rings is 4. The van der Waals surface area contributed by atoms with Crippen LogP contribution in [-0.2, 0) is 32.2 Å². The predicted molar refractivity (Wildman–Crippen MR) is 306 cm³/mol. The second kappa shape index (κ2) is 27.1. The zero-order chi connectivity index (χ0) is 52.1. The Kier molecular flexibility index (Phi) is 20.5. The Morgan fingerprint density at radius 1 is 0.541 bits per heavy atom. The minimum atomic E-state index is -1.57. The van der Waals surface area contributed by atoms with E-state index in [1.807, 2.05) is 38.1 Å². The molecule has 398 valence electrons. The summed E-state index contributed by atoms with van der Waals surface area (Å²) in [5, 5.41) is 7.17. The van der Waals surface area contributed by atoms with Crippen molar-refractivity contribution in [1.29, 1.82) is 0 Å². The van der Waals surface area contributed by atoms with Crippen molar-refractivity contribution < 1.29 is 38.1 Å². The van der Waals surface area contributed by atoms with E-state index >= 15 is 0 Å². The number of nitrogens with one attached hydrogen (secondary N) is 2. The quantitative estimate of drug-likeness (QED) is 0.0286. The molecule has 16 heteroatoms. The third-order valence-corrected chi connectivity index (χ3v) is 17.0. The summed E-state index contributed by atoms with van der Waals surface area (Å²) in [7, 11) is 3.08. The summed E-state index contributed by atoms with van der Waals surface area (Å²) in [5.74, 6) is -2.26. The molecule has 2 N–H and O–H groups in total. The molecule has 0 saturated carbocycles. The number of hydrogen-bond donors (Lipinski definition) is 2. The molecule has 14 nitrogen and oxygen atoms in total. The van der Waals surface area contributed by atoms with Gasteiger partial charge in [-0.2, -0.15) is 0 Å². The van der Waals surface area contributed by atoms with E-state index in [4.69, 9.17) is 18.9 Å². The van der Waals surface area contributed by atoms with Crippen molar-refractivity contribution >= 4 is 80.7 Å². The third-order valence-electron chi connectivity index (χ3n) is 15.6. The number of nitrogens with zero attached hydrogens (tertiary/aromatic N) is 4. The molecular weight excluding hydrogens is 1160 g/mol. The number of amides is 2. The Morgan fingerprint density at radius 2 is 0.905 bits per heavy atom. The van der Waals surface area contributed by atoms with Crippen LogP contribution >= 0.6 is 45.2 Å². The van der Waals surface area contributed by atoms with Gasteiger partial charge in [-0.05, 0) is 233 Å². The van der Waals surface area contributed by atoms with Gasteiger partial charge in [0, 0.05) is 56.5 Å². The number of esters is 2. The summed E-state index contributed by atoms with van der Waals surface area (Å²) in [5.41, 5.74) is 5.22. The van der Waals surface area contributed by atoms with Gasteiger partial charge in [0.05, 0.1) is 25.6 Å². The number of carbonyl (C=O) groups excluding carboxylic acids is 4. The van der Waals surface area contributed by atoms with Gasteiger partial charge in [0.1, 0.15) is 11.5 Å². The number of aryl methyl sites for hydroxylation is 2. The van der Waals surface area contributed by atoms with Gasteiger partial charge in [0.25, 0.3) is 0 Å². The standard InChI is InChI=1S/C58H74I2N6O8/c1-39-15-25-53(71-3)51(31-39)65(49-33-45-11-9-12-46(34-49)63(45)29-7-5-27-61-37-41-17-21-43(59)22-18-41)57(69)73-55(67)56(68)74-58(70)66(52-32-40(2)16-26-54(52)72-4)50-35-47-13-10-14-48(36-50)64(47)30-8-6-28-62-38-42-19-23-44(60)24-20-42/h15-26,31-32,45-50,61-62H,5-14,27-30,33-38H2,1-4H3. The fraction of sp³-hybridized carbons (Fsp3) is 0.517. The Bertz CT molecular complexity index is 2330. The first-order chi connectivity index (χ1) is 35.9. The average molecular weight is 1240 g/mol. The average Bonchev–Trinajstić information content (AvgIpc) is 3.37. The summed E-state index contributed by atoms with van der Waals surface area (Å²) in [6.45, 7) is 9.32. The van der Waals surface area contributed by atoms with Crippen molar-refractivity contribution in [2.24, 2.45) is 0 Å². The highest BCUT2D eigenvalue weighted by Gasteiger charge is 2.45. The first-order valence-corrected chi connectivity index (χ1v) is 28.9. The van der Waals surface area contributed by atoms with Gasteiger partial charge < -0.3 is 29.6 Å².